The molecule has 1 unspecified atom stereocenters. The SMILES string of the molecule is Br.CN1Cc2c(Br)cccc2C(c2ccc(O)c(O)c2)C1.O. The smallest absolute Gasteiger partial charge is 0.157 e. The van der Waals surface area contributed by atoms with E-state index in [1.807, 2.05) is 12.1 Å². The molecule has 0 aromatic heterocycles. The third-order valence-electron chi connectivity index (χ3n) is 3.85. The van der Waals surface area contributed by atoms with Gasteiger partial charge in [-0.15, -0.1) is 17.0 Å². The van der Waals surface area contributed by atoms with Crippen LogP contribution in [0.4, 0.5) is 0 Å². The lowest BCUT2D eigenvalue weighted by molar-refractivity contribution is 0.294. The summed E-state index contributed by atoms with van der Waals surface area (Å²) in [7, 11) is 2.09. The number of hydrogen-bond donors (Lipinski definition) is 2. The number of benzene rings is 2. The van der Waals surface area contributed by atoms with E-state index < -0.39 is 0 Å². The molecule has 0 radical (unpaired) electrons. The van der Waals surface area contributed by atoms with E-state index in [2.05, 4.69) is 40.0 Å². The van der Waals surface area contributed by atoms with Crippen LogP contribution in [0.15, 0.2) is 40.9 Å². The minimum atomic E-state index is -0.0765. The first kappa shape index (κ1) is 19.0. The number of halogens is 2. The monoisotopic (exact) mass is 431 g/mol. The van der Waals surface area contributed by atoms with Gasteiger partial charge in [0.1, 0.15) is 0 Å². The van der Waals surface area contributed by atoms with E-state index in [-0.39, 0.29) is 39.9 Å². The zero-order valence-electron chi connectivity index (χ0n) is 12.1. The summed E-state index contributed by atoms with van der Waals surface area (Å²) in [6.07, 6.45) is 0. The lowest BCUT2D eigenvalue weighted by atomic mass is 9.85. The average Bonchev–Trinajstić information content (AvgIpc) is 2.42. The molecule has 0 saturated carbocycles. The summed E-state index contributed by atoms with van der Waals surface area (Å²) in [4.78, 5) is 2.27. The van der Waals surface area contributed by atoms with E-state index >= 15 is 0 Å². The van der Waals surface area contributed by atoms with Crippen molar-refractivity contribution in [2.24, 2.45) is 0 Å². The first-order chi connectivity index (χ1) is 9.56. The third-order valence-corrected chi connectivity index (χ3v) is 4.60. The summed E-state index contributed by atoms with van der Waals surface area (Å²) in [6, 6.07) is 11.3. The molecule has 3 rings (SSSR count). The molecule has 1 aliphatic heterocycles. The average molecular weight is 433 g/mol. The van der Waals surface area contributed by atoms with Gasteiger partial charge in [-0.25, -0.2) is 0 Å². The van der Waals surface area contributed by atoms with Crippen LogP contribution in [0.3, 0.4) is 0 Å². The van der Waals surface area contributed by atoms with Crippen LogP contribution in [0, 0.1) is 0 Å². The second-order valence-electron chi connectivity index (χ2n) is 5.31. The number of fused-ring (bicyclic) bond motifs is 1. The molecular weight excluding hydrogens is 414 g/mol. The van der Waals surface area contributed by atoms with Crippen LogP contribution in [-0.2, 0) is 6.54 Å². The van der Waals surface area contributed by atoms with Gasteiger partial charge in [0, 0.05) is 23.5 Å². The van der Waals surface area contributed by atoms with Gasteiger partial charge in [0.2, 0.25) is 0 Å². The second-order valence-corrected chi connectivity index (χ2v) is 6.16. The largest absolute Gasteiger partial charge is 0.504 e. The summed E-state index contributed by atoms with van der Waals surface area (Å²) < 4.78 is 1.12. The molecule has 0 saturated heterocycles. The van der Waals surface area contributed by atoms with Crippen LogP contribution in [0.2, 0.25) is 0 Å². The third kappa shape index (κ3) is 3.46. The van der Waals surface area contributed by atoms with E-state index in [4.69, 9.17) is 0 Å². The number of phenols is 2. The van der Waals surface area contributed by atoms with E-state index in [0.29, 0.717) is 0 Å². The van der Waals surface area contributed by atoms with Gasteiger partial charge in [-0.05, 0) is 41.9 Å². The molecule has 120 valence electrons. The van der Waals surface area contributed by atoms with Crippen molar-refractivity contribution in [2.45, 2.75) is 12.5 Å². The predicted octanol–water partition coefficient (Wildman–Crippen LogP) is 3.19. The second kappa shape index (κ2) is 7.46. The van der Waals surface area contributed by atoms with Crippen LogP contribution in [0.1, 0.15) is 22.6 Å². The number of nitrogens with zero attached hydrogens (tertiary/aromatic N) is 1. The van der Waals surface area contributed by atoms with Crippen molar-refractivity contribution >= 4 is 32.9 Å². The molecule has 1 heterocycles. The minimum absolute atomic E-state index is 0. The highest BCUT2D eigenvalue weighted by molar-refractivity contribution is 9.10. The molecule has 2 aromatic carbocycles. The molecule has 22 heavy (non-hydrogen) atoms. The maximum Gasteiger partial charge on any atom is 0.157 e. The highest BCUT2D eigenvalue weighted by atomic mass is 79.9. The predicted molar refractivity (Wildman–Crippen MR) is 96.0 cm³/mol. The molecular formula is C16H19Br2NO3. The van der Waals surface area contributed by atoms with Crippen molar-refractivity contribution in [2.75, 3.05) is 13.6 Å². The Bertz CT molecular complexity index is 664. The Balaban J connectivity index is 0.00000121. The molecule has 0 amide bonds. The van der Waals surface area contributed by atoms with E-state index in [1.165, 1.54) is 11.1 Å². The molecule has 2 aromatic rings. The number of hydrogen-bond acceptors (Lipinski definition) is 3. The minimum Gasteiger partial charge on any atom is -0.504 e. The van der Waals surface area contributed by atoms with Gasteiger partial charge in [0.05, 0.1) is 0 Å². The lowest BCUT2D eigenvalue weighted by Crippen LogP contribution is -2.31. The van der Waals surface area contributed by atoms with Gasteiger partial charge in [-0.1, -0.05) is 34.1 Å². The molecule has 1 aliphatic rings. The number of phenolic OH excluding ortho intramolecular Hbond substituents is 2. The van der Waals surface area contributed by atoms with Crippen LogP contribution in [0.5, 0.6) is 11.5 Å². The van der Waals surface area contributed by atoms with Gasteiger partial charge in [-0.3, -0.25) is 0 Å². The number of rotatable bonds is 1. The Morgan fingerprint density at radius 1 is 1.14 bits per heavy atom. The van der Waals surface area contributed by atoms with Gasteiger partial charge in [-0.2, -0.15) is 0 Å². The molecule has 4 N–H and O–H groups in total. The Hall–Kier alpha value is -1.08. The standard InChI is InChI=1S/C16H16BrNO2.BrH.H2O/c1-18-8-12(10-5-6-15(19)16(20)7-10)11-3-2-4-14(17)13(11)9-18;;/h2-7,12,19-20H,8-9H2,1H3;1H;1H2. The highest BCUT2D eigenvalue weighted by Gasteiger charge is 2.26. The fourth-order valence-electron chi connectivity index (χ4n) is 2.86. The van der Waals surface area contributed by atoms with E-state index in [0.717, 1.165) is 23.1 Å². The first-order valence-corrected chi connectivity index (χ1v) is 7.33. The van der Waals surface area contributed by atoms with Crippen molar-refractivity contribution in [3.8, 4) is 11.5 Å². The Labute approximate surface area is 148 Å². The number of likely N-dealkylation sites (N-methyl/N-ethyl adjacent to an activating group) is 1. The summed E-state index contributed by atoms with van der Waals surface area (Å²) >= 11 is 3.62. The highest BCUT2D eigenvalue weighted by Crippen LogP contribution is 2.38. The van der Waals surface area contributed by atoms with Crippen molar-refractivity contribution in [3.63, 3.8) is 0 Å². The zero-order valence-corrected chi connectivity index (χ0v) is 15.4. The zero-order chi connectivity index (χ0) is 14.3. The molecule has 1 atom stereocenters. The molecule has 0 bridgehead atoms. The van der Waals surface area contributed by atoms with Crippen LogP contribution in [0.25, 0.3) is 0 Å². The van der Waals surface area contributed by atoms with Crippen LogP contribution in [-0.4, -0.2) is 34.2 Å². The fourth-order valence-corrected chi connectivity index (χ4v) is 3.36. The van der Waals surface area contributed by atoms with Crippen molar-refractivity contribution in [1.29, 1.82) is 0 Å². The van der Waals surface area contributed by atoms with Crippen molar-refractivity contribution < 1.29 is 15.7 Å². The van der Waals surface area contributed by atoms with E-state index in [9.17, 15) is 10.2 Å². The number of aromatic hydroxyl groups is 2. The van der Waals surface area contributed by atoms with Crippen molar-refractivity contribution in [3.05, 3.63) is 57.6 Å². The Morgan fingerprint density at radius 2 is 1.86 bits per heavy atom. The topological polar surface area (TPSA) is 75.2 Å². The molecule has 0 aliphatic carbocycles. The first-order valence-electron chi connectivity index (χ1n) is 6.54. The van der Waals surface area contributed by atoms with Gasteiger partial charge in [0.25, 0.3) is 0 Å². The summed E-state index contributed by atoms with van der Waals surface area (Å²) in [5.74, 6) is 0.0624. The Morgan fingerprint density at radius 3 is 2.55 bits per heavy atom. The van der Waals surface area contributed by atoms with Gasteiger partial charge < -0.3 is 20.6 Å². The van der Waals surface area contributed by atoms with Crippen LogP contribution >= 0.6 is 32.9 Å². The fraction of sp³-hybridized carbons (Fsp3) is 0.250. The molecule has 6 heteroatoms. The van der Waals surface area contributed by atoms with Crippen LogP contribution < -0.4 is 0 Å². The quantitative estimate of drug-likeness (QED) is 0.679. The normalized spacial score (nSPS) is 17.1. The van der Waals surface area contributed by atoms with Gasteiger partial charge in [0.15, 0.2) is 11.5 Å². The van der Waals surface area contributed by atoms with E-state index in [1.54, 1.807) is 12.1 Å². The lowest BCUT2D eigenvalue weighted by Gasteiger charge is -2.33. The maximum absolute atomic E-state index is 9.73. The Kier molecular flexibility index (Phi) is 6.43. The maximum atomic E-state index is 9.73. The summed E-state index contributed by atoms with van der Waals surface area (Å²) in [6.45, 7) is 1.81. The summed E-state index contributed by atoms with van der Waals surface area (Å²) in [5.41, 5.74) is 3.59. The van der Waals surface area contributed by atoms with Gasteiger partial charge >= 0.3 is 0 Å². The molecule has 0 spiro atoms. The summed E-state index contributed by atoms with van der Waals surface area (Å²) in [5, 5.41) is 19.2. The molecule has 4 nitrogen and oxygen atoms in total. The van der Waals surface area contributed by atoms with Crippen molar-refractivity contribution in [1.82, 2.24) is 4.90 Å². The molecule has 0 fully saturated rings.